The molecule has 0 saturated carbocycles. The number of methoxy groups -OCH3 is 1. The molecule has 0 spiro atoms. The van der Waals surface area contributed by atoms with E-state index in [0.717, 1.165) is 37.4 Å². The van der Waals surface area contributed by atoms with Crippen molar-refractivity contribution in [2.24, 2.45) is 5.92 Å². The van der Waals surface area contributed by atoms with Crippen molar-refractivity contribution < 1.29 is 14.3 Å². The lowest BCUT2D eigenvalue weighted by atomic mass is 9.74. The van der Waals surface area contributed by atoms with Gasteiger partial charge in [0.2, 0.25) is 5.91 Å². The minimum Gasteiger partial charge on any atom is -0.496 e. The summed E-state index contributed by atoms with van der Waals surface area (Å²) >= 11 is 0. The molecule has 0 aromatic heterocycles. The molecule has 1 aromatic carbocycles. The number of benzene rings is 1. The molecule has 1 N–H and O–H groups in total. The molecule has 0 radical (unpaired) electrons. The van der Waals surface area contributed by atoms with E-state index >= 15 is 0 Å². The van der Waals surface area contributed by atoms with Gasteiger partial charge in [-0.1, -0.05) is 20.8 Å². The van der Waals surface area contributed by atoms with Gasteiger partial charge in [-0.25, -0.2) is 0 Å². The molecule has 1 saturated heterocycles. The zero-order chi connectivity index (χ0) is 16.6. The van der Waals surface area contributed by atoms with Crippen LogP contribution in [0.4, 0.5) is 0 Å². The summed E-state index contributed by atoms with van der Waals surface area (Å²) in [6.45, 7) is 8.07. The van der Waals surface area contributed by atoms with Crippen LogP contribution in [0.1, 0.15) is 50.3 Å². The Hall–Kier alpha value is -1.71. The minimum atomic E-state index is -0.0913. The summed E-state index contributed by atoms with van der Waals surface area (Å²) in [5.74, 6) is 2.73. The molecule has 2 heterocycles. The molecule has 23 heavy (non-hydrogen) atoms. The van der Waals surface area contributed by atoms with Gasteiger partial charge in [-0.2, -0.15) is 0 Å². The fraction of sp³-hybridized carbons (Fsp3) is 0.632. The highest BCUT2D eigenvalue weighted by atomic mass is 16.5. The standard InChI is InChI=1S/C19H27NO3/c1-12(2)9-14-13-6-8-23-18(13)15(10-16(14)22-4)19(3)7-5-17(21)20-11-19/h10,12H,5-9,11H2,1-4H3,(H,20,21). The summed E-state index contributed by atoms with van der Waals surface area (Å²) in [6.07, 6.45) is 3.37. The Kier molecular flexibility index (Phi) is 4.26. The summed E-state index contributed by atoms with van der Waals surface area (Å²) in [7, 11) is 1.75. The number of carbonyl (C=O) groups excluding carboxylic acids is 1. The molecule has 4 heteroatoms. The minimum absolute atomic E-state index is 0.0913. The van der Waals surface area contributed by atoms with Gasteiger partial charge in [0.1, 0.15) is 11.5 Å². The van der Waals surface area contributed by atoms with Gasteiger partial charge in [0.15, 0.2) is 0 Å². The summed E-state index contributed by atoms with van der Waals surface area (Å²) < 4.78 is 11.8. The van der Waals surface area contributed by atoms with E-state index in [4.69, 9.17) is 9.47 Å². The van der Waals surface area contributed by atoms with Gasteiger partial charge in [0, 0.05) is 41.5 Å². The molecule has 1 fully saturated rings. The monoisotopic (exact) mass is 317 g/mol. The van der Waals surface area contributed by atoms with Crippen molar-refractivity contribution in [3.63, 3.8) is 0 Å². The zero-order valence-corrected chi connectivity index (χ0v) is 14.6. The highest BCUT2D eigenvalue weighted by Crippen LogP contribution is 2.46. The van der Waals surface area contributed by atoms with Crippen molar-refractivity contribution >= 4 is 5.91 Å². The summed E-state index contributed by atoms with van der Waals surface area (Å²) in [6, 6.07) is 2.15. The molecule has 1 aromatic rings. The Balaban J connectivity index is 2.08. The number of piperidine rings is 1. The molecule has 4 nitrogen and oxygen atoms in total. The fourth-order valence-corrected chi connectivity index (χ4v) is 3.77. The number of nitrogens with one attached hydrogen (secondary N) is 1. The number of carbonyl (C=O) groups is 1. The van der Waals surface area contributed by atoms with Crippen LogP contribution >= 0.6 is 0 Å². The average molecular weight is 317 g/mol. The maximum atomic E-state index is 11.5. The Labute approximate surface area is 138 Å². The van der Waals surface area contributed by atoms with E-state index in [1.807, 2.05) is 0 Å². The number of hydrogen-bond acceptors (Lipinski definition) is 3. The molecule has 0 bridgehead atoms. The quantitative estimate of drug-likeness (QED) is 0.928. The van der Waals surface area contributed by atoms with Crippen LogP contribution in [0.2, 0.25) is 0 Å². The largest absolute Gasteiger partial charge is 0.496 e. The molecule has 1 amide bonds. The number of rotatable bonds is 4. The maximum absolute atomic E-state index is 11.5. The number of ether oxygens (including phenoxy) is 2. The molecule has 0 aliphatic carbocycles. The molecule has 2 aliphatic rings. The van der Waals surface area contributed by atoms with E-state index in [2.05, 4.69) is 32.2 Å². The van der Waals surface area contributed by atoms with Gasteiger partial charge in [-0.15, -0.1) is 0 Å². The number of hydrogen-bond donors (Lipinski definition) is 1. The highest BCUT2D eigenvalue weighted by molar-refractivity contribution is 5.77. The smallest absolute Gasteiger partial charge is 0.220 e. The highest BCUT2D eigenvalue weighted by Gasteiger charge is 2.37. The van der Waals surface area contributed by atoms with Gasteiger partial charge in [-0.05, 0) is 24.8 Å². The Morgan fingerprint density at radius 2 is 2.17 bits per heavy atom. The normalized spacial score (nSPS) is 23.4. The van der Waals surface area contributed by atoms with Gasteiger partial charge >= 0.3 is 0 Å². The first-order valence-corrected chi connectivity index (χ1v) is 8.57. The van der Waals surface area contributed by atoms with Crippen LogP contribution in [0.3, 0.4) is 0 Å². The molecule has 3 rings (SSSR count). The number of amides is 1. The molecule has 1 unspecified atom stereocenters. The van der Waals surface area contributed by atoms with Crippen molar-refractivity contribution in [2.45, 2.75) is 51.9 Å². The van der Waals surface area contributed by atoms with E-state index in [-0.39, 0.29) is 11.3 Å². The molecule has 126 valence electrons. The third kappa shape index (κ3) is 2.91. The van der Waals surface area contributed by atoms with Crippen LogP contribution in [0.5, 0.6) is 11.5 Å². The average Bonchev–Trinajstić information content (AvgIpc) is 2.99. The number of fused-ring (bicyclic) bond motifs is 1. The Morgan fingerprint density at radius 1 is 1.39 bits per heavy atom. The van der Waals surface area contributed by atoms with Crippen molar-refractivity contribution in [2.75, 3.05) is 20.3 Å². The first-order valence-electron chi connectivity index (χ1n) is 8.57. The second kappa shape index (κ2) is 6.06. The van der Waals surface area contributed by atoms with Crippen LogP contribution in [0, 0.1) is 5.92 Å². The second-order valence-electron chi connectivity index (χ2n) is 7.45. The third-order valence-electron chi connectivity index (χ3n) is 5.12. The van der Waals surface area contributed by atoms with E-state index in [0.29, 0.717) is 18.9 Å². The Morgan fingerprint density at radius 3 is 2.78 bits per heavy atom. The predicted molar refractivity (Wildman–Crippen MR) is 90.3 cm³/mol. The second-order valence-corrected chi connectivity index (χ2v) is 7.45. The fourth-order valence-electron chi connectivity index (χ4n) is 3.77. The van der Waals surface area contributed by atoms with Crippen molar-refractivity contribution in [1.82, 2.24) is 5.32 Å². The van der Waals surface area contributed by atoms with E-state index in [1.165, 1.54) is 16.7 Å². The van der Waals surface area contributed by atoms with Crippen molar-refractivity contribution in [1.29, 1.82) is 0 Å². The van der Waals surface area contributed by atoms with Crippen LogP contribution < -0.4 is 14.8 Å². The van der Waals surface area contributed by atoms with Crippen molar-refractivity contribution in [3.8, 4) is 11.5 Å². The topological polar surface area (TPSA) is 47.6 Å². The van der Waals surface area contributed by atoms with Crippen LogP contribution in [-0.4, -0.2) is 26.2 Å². The van der Waals surface area contributed by atoms with Gasteiger partial charge in [0.05, 0.1) is 13.7 Å². The molecular formula is C19H27NO3. The molecular weight excluding hydrogens is 290 g/mol. The lowest BCUT2D eigenvalue weighted by Gasteiger charge is -2.35. The predicted octanol–water partition coefficient (Wildman–Crippen LogP) is 3.00. The SMILES string of the molecule is COc1cc(C2(C)CCC(=O)NC2)c2c(c1CC(C)C)CCO2. The third-order valence-corrected chi connectivity index (χ3v) is 5.12. The van der Waals surface area contributed by atoms with Gasteiger partial charge in [-0.3, -0.25) is 4.79 Å². The van der Waals surface area contributed by atoms with E-state index < -0.39 is 0 Å². The lowest BCUT2D eigenvalue weighted by molar-refractivity contribution is -0.123. The van der Waals surface area contributed by atoms with Crippen LogP contribution in [0.25, 0.3) is 0 Å². The van der Waals surface area contributed by atoms with Crippen LogP contribution in [0.15, 0.2) is 6.07 Å². The van der Waals surface area contributed by atoms with Crippen molar-refractivity contribution in [3.05, 3.63) is 22.8 Å². The summed E-state index contributed by atoms with van der Waals surface area (Å²) in [5.41, 5.74) is 3.70. The Bertz CT molecular complexity index is 612. The maximum Gasteiger partial charge on any atom is 0.220 e. The molecule has 1 atom stereocenters. The molecule has 2 aliphatic heterocycles. The van der Waals surface area contributed by atoms with Gasteiger partial charge < -0.3 is 14.8 Å². The summed E-state index contributed by atoms with van der Waals surface area (Å²) in [4.78, 5) is 11.5. The van der Waals surface area contributed by atoms with E-state index in [1.54, 1.807) is 7.11 Å². The lowest BCUT2D eigenvalue weighted by Crippen LogP contribution is -2.44. The van der Waals surface area contributed by atoms with Gasteiger partial charge in [0.25, 0.3) is 0 Å². The zero-order valence-electron chi connectivity index (χ0n) is 14.6. The first-order chi connectivity index (χ1) is 10.9. The first kappa shape index (κ1) is 16.2. The van der Waals surface area contributed by atoms with E-state index in [9.17, 15) is 4.79 Å². The van der Waals surface area contributed by atoms with Crippen LogP contribution in [-0.2, 0) is 23.1 Å². The summed E-state index contributed by atoms with van der Waals surface area (Å²) in [5, 5.41) is 3.01.